The van der Waals surface area contributed by atoms with E-state index in [1.54, 1.807) is 0 Å². The molecule has 0 bridgehead atoms. The minimum Gasteiger partial charge on any atom is -0.362 e. The maximum atomic E-state index is 3.75. The summed E-state index contributed by atoms with van der Waals surface area (Å²) in [6, 6.07) is 10.1. The predicted octanol–water partition coefficient (Wildman–Crippen LogP) is 3.23. The smallest absolute Gasteiger partial charge is 0.0379 e. The van der Waals surface area contributed by atoms with Crippen molar-refractivity contribution < 1.29 is 0 Å². The SMILES string of the molecule is [CH2]CC/C=C/Nc1ccccc1. The molecule has 12 heavy (non-hydrogen) atoms. The van der Waals surface area contributed by atoms with Crippen LogP contribution in [-0.4, -0.2) is 0 Å². The lowest BCUT2D eigenvalue weighted by molar-refractivity contribution is 1.05. The second-order valence-corrected chi connectivity index (χ2v) is 2.55. The Balaban J connectivity index is 2.33. The largest absolute Gasteiger partial charge is 0.362 e. The van der Waals surface area contributed by atoms with Gasteiger partial charge in [-0.05, 0) is 31.2 Å². The monoisotopic (exact) mass is 160 g/mol. The first-order chi connectivity index (χ1) is 5.93. The minimum atomic E-state index is 0.951. The molecule has 0 spiro atoms. The number of allylic oxidation sites excluding steroid dienone is 1. The fraction of sp³-hybridized carbons (Fsp3) is 0.182. The van der Waals surface area contributed by atoms with Crippen molar-refractivity contribution in [2.24, 2.45) is 0 Å². The van der Waals surface area contributed by atoms with E-state index in [0.717, 1.165) is 18.5 Å². The molecule has 0 fully saturated rings. The molecule has 0 saturated heterocycles. The highest BCUT2D eigenvalue weighted by atomic mass is 14.8. The molecule has 1 heteroatoms. The van der Waals surface area contributed by atoms with Crippen molar-refractivity contribution in [3.8, 4) is 0 Å². The van der Waals surface area contributed by atoms with E-state index < -0.39 is 0 Å². The van der Waals surface area contributed by atoms with Crippen LogP contribution in [0.4, 0.5) is 5.69 Å². The van der Waals surface area contributed by atoms with Crippen LogP contribution in [0.5, 0.6) is 0 Å². The first-order valence-electron chi connectivity index (χ1n) is 4.19. The lowest BCUT2D eigenvalue weighted by Crippen LogP contribution is -1.85. The first kappa shape index (κ1) is 8.85. The average Bonchev–Trinajstić information content (AvgIpc) is 2.14. The van der Waals surface area contributed by atoms with Gasteiger partial charge in [0.2, 0.25) is 0 Å². The van der Waals surface area contributed by atoms with Gasteiger partial charge < -0.3 is 5.32 Å². The van der Waals surface area contributed by atoms with E-state index in [2.05, 4.69) is 18.3 Å². The van der Waals surface area contributed by atoms with Crippen molar-refractivity contribution in [3.63, 3.8) is 0 Å². The van der Waals surface area contributed by atoms with Gasteiger partial charge in [-0.25, -0.2) is 0 Å². The maximum Gasteiger partial charge on any atom is 0.0379 e. The summed E-state index contributed by atoms with van der Waals surface area (Å²) in [5.74, 6) is 0. The molecule has 1 N–H and O–H groups in total. The van der Waals surface area contributed by atoms with E-state index in [1.807, 2.05) is 36.5 Å². The van der Waals surface area contributed by atoms with Crippen LogP contribution in [0.2, 0.25) is 0 Å². The number of para-hydroxylation sites is 1. The quantitative estimate of drug-likeness (QED) is 0.713. The van der Waals surface area contributed by atoms with E-state index in [-0.39, 0.29) is 0 Å². The number of hydrogen-bond acceptors (Lipinski definition) is 1. The average molecular weight is 160 g/mol. The topological polar surface area (TPSA) is 12.0 Å². The Morgan fingerprint density at radius 1 is 1.25 bits per heavy atom. The van der Waals surface area contributed by atoms with Gasteiger partial charge >= 0.3 is 0 Å². The van der Waals surface area contributed by atoms with Crippen LogP contribution in [0.1, 0.15) is 12.8 Å². The highest BCUT2D eigenvalue weighted by Gasteiger charge is 1.81. The van der Waals surface area contributed by atoms with E-state index in [1.165, 1.54) is 0 Å². The molecular formula is C11H14N. The van der Waals surface area contributed by atoms with E-state index >= 15 is 0 Å². The molecule has 1 nitrogen and oxygen atoms in total. The molecule has 0 aliphatic heterocycles. The molecule has 0 amide bonds. The van der Waals surface area contributed by atoms with E-state index in [0.29, 0.717) is 0 Å². The van der Waals surface area contributed by atoms with E-state index in [9.17, 15) is 0 Å². The van der Waals surface area contributed by atoms with Crippen LogP contribution in [0.15, 0.2) is 42.6 Å². The number of rotatable bonds is 4. The zero-order valence-corrected chi connectivity index (χ0v) is 7.16. The van der Waals surface area contributed by atoms with Gasteiger partial charge in [-0.1, -0.05) is 31.2 Å². The van der Waals surface area contributed by atoms with Crippen molar-refractivity contribution in [2.75, 3.05) is 5.32 Å². The molecule has 0 saturated carbocycles. The Bertz CT molecular complexity index is 226. The second-order valence-electron chi connectivity index (χ2n) is 2.55. The van der Waals surface area contributed by atoms with Crippen molar-refractivity contribution in [1.82, 2.24) is 0 Å². The molecule has 0 atom stereocenters. The minimum absolute atomic E-state index is 0.951. The third-order valence-corrected chi connectivity index (χ3v) is 1.51. The van der Waals surface area contributed by atoms with Crippen LogP contribution in [0.25, 0.3) is 0 Å². The van der Waals surface area contributed by atoms with Crippen LogP contribution < -0.4 is 5.32 Å². The summed E-state index contributed by atoms with van der Waals surface area (Å²) in [6.45, 7) is 3.75. The molecule has 1 rings (SSSR count). The van der Waals surface area contributed by atoms with Crippen LogP contribution in [0.3, 0.4) is 0 Å². The summed E-state index contributed by atoms with van der Waals surface area (Å²) in [5, 5.41) is 3.17. The zero-order valence-electron chi connectivity index (χ0n) is 7.16. The third kappa shape index (κ3) is 3.24. The highest BCUT2D eigenvalue weighted by Crippen LogP contribution is 2.04. The molecule has 0 aliphatic carbocycles. The Labute approximate surface area is 74.1 Å². The molecular weight excluding hydrogens is 146 g/mol. The predicted molar refractivity (Wildman–Crippen MR) is 53.8 cm³/mol. The van der Waals surface area contributed by atoms with Crippen molar-refractivity contribution >= 4 is 5.69 Å². The molecule has 1 aromatic rings. The Morgan fingerprint density at radius 3 is 2.67 bits per heavy atom. The third-order valence-electron chi connectivity index (χ3n) is 1.51. The summed E-state index contributed by atoms with van der Waals surface area (Å²) < 4.78 is 0. The molecule has 0 aliphatic rings. The normalized spacial score (nSPS) is 10.4. The fourth-order valence-corrected chi connectivity index (χ4v) is 0.891. The van der Waals surface area contributed by atoms with Gasteiger partial charge in [0.1, 0.15) is 0 Å². The van der Waals surface area contributed by atoms with Gasteiger partial charge in [0, 0.05) is 5.69 Å². The number of nitrogens with one attached hydrogen (secondary N) is 1. The molecule has 0 aromatic heterocycles. The van der Waals surface area contributed by atoms with Gasteiger partial charge in [-0.3, -0.25) is 0 Å². The van der Waals surface area contributed by atoms with Crippen LogP contribution in [0, 0.1) is 6.92 Å². The van der Waals surface area contributed by atoms with Gasteiger partial charge in [-0.15, -0.1) is 0 Å². The van der Waals surface area contributed by atoms with Crippen LogP contribution >= 0.6 is 0 Å². The van der Waals surface area contributed by atoms with Gasteiger partial charge in [0.15, 0.2) is 0 Å². The summed E-state index contributed by atoms with van der Waals surface area (Å²) in [7, 11) is 0. The van der Waals surface area contributed by atoms with Gasteiger partial charge in [0.25, 0.3) is 0 Å². The molecule has 1 radical (unpaired) electrons. The Hall–Kier alpha value is -1.24. The van der Waals surface area contributed by atoms with Gasteiger partial charge in [0.05, 0.1) is 0 Å². The Morgan fingerprint density at radius 2 is 2.00 bits per heavy atom. The summed E-state index contributed by atoms with van der Waals surface area (Å²) in [5.41, 5.74) is 1.12. The second kappa shape index (κ2) is 5.42. The number of benzene rings is 1. The molecule has 1 aromatic carbocycles. The van der Waals surface area contributed by atoms with Crippen molar-refractivity contribution in [1.29, 1.82) is 0 Å². The number of unbranched alkanes of at least 4 members (excludes halogenated alkanes) is 1. The fourth-order valence-electron chi connectivity index (χ4n) is 0.891. The molecule has 0 heterocycles. The summed E-state index contributed by atoms with van der Waals surface area (Å²) in [4.78, 5) is 0. The summed E-state index contributed by atoms with van der Waals surface area (Å²) >= 11 is 0. The number of hydrogen-bond donors (Lipinski definition) is 1. The summed E-state index contributed by atoms with van der Waals surface area (Å²) in [6.07, 6.45) is 6.02. The molecule has 63 valence electrons. The maximum absolute atomic E-state index is 3.75. The van der Waals surface area contributed by atoms with E-state index in [4.69, 9.17) is 0 Å². The zero-order chi connectivity index (χ0) is 8.65. The Kier molecular flexibility index (Phi) is 4.00. The lowest BCUT2D eigenvalue weighted by atomic mass is 10.3. The van der Waals surface area contributed by atoms with Crippen molar-refractivity contribution in [3.05, 3.63) is 49.5 Å². The first-order valence-corrected chi connectivity index (χ1v) is 4.19. The molecule has 0 unspecified atom stereocenters. The standard InChI is InChI=1S/C11H14N/c1-2-3-7-10-12-11-8-5-4-6-9-11/h4-10,12H,1-3H2/b10-7+. The van der Waals surface area contributed by atoms with Gasteiger partial charge in [-0.2, -0.15) is 0 Å². The van der Waals surface area contributed by atoms with Crippen molar-refractivity contribution in [2.45, 2.75) is 12.8 Å². The lowest BCUT2D eigenvalue weighted by Gasteiger charge is -1.97. The number of anilines is 1. The highest BCUT2D eigenvalue weighted by molar-refractivity contribution is 5.44. The van der Waals surface area contributed by atoms with Crippen LogP contribution in [-0.2, 0) is 0 Å².